The number of hydrogen-bond donors (Lipinski definition) is 1. The Morgan fingerprint density at radius 1 is 1.52 bits per heavy atom. The maximum absolute atomic E-state index is 13.1. The Kier molecular flexibility index (Phi) is 4.12. The molecule has 1 atom stereocenters. The molecule has 1 aliphatic rings. The molecular weight excluding hydrogens is 295 g/mol. The van der Waals surface area contributed by atoms with Crippen molar-refractivity contribution in [2.45, 2.75) is 6.42 Å². The molecule has 2 aromatic rings. The molecule has 1 saturated heterocycles. The van der Waals surface area contributed by atoms with Crippen molar-refractivity contribution < 1.29 is 18.7 Å². The van der Waals surface area contributed by atoms with Crippen LogP contribution in [0, 0.1) is 11.7 Å². The van der Waals surface area contributed by atoms with Gasteiger partial charge in [-0.15, -0.1) is 0 Å². The minimum Gasteiger partial charge on any atom is -0.445 e. The molecule has 0 saturated carbocycles. The van der Waals surface area contributed by atoms with E-state index in [0.29, 0.717) is 29.2 Å². The second-order valence-electron chi connectivity index (χ2n) is 4.59. The number of rotatable bonds is 4. The van der Waals surface area contributed by atoms with Gasteiger partial charge < -0.3 is 14.8 Å². The number of thiazole rings is 1. The Morgan fingerprint density at radius 3 is 3.19 bits per heavy atom. The fourth-order valence-corrected chi connectivity index (χ4v) is 2.65. The molecule has 1 fully saturated rings. The van der Waals surface area contributed by atoms with Crippen LogP contribution in [-0.2, 0) is 9.53 Å². The van der Waals surface area contributed by atoms with E-state index in [2.05, 4.69) is 10.3 Å². The molecule has 1 amide bonds. The van der Waals surface area contributed by atoms with Gasteiger partial charge in [0.05, 0.1) is 18.7 Å². The van der Waals surface area contributed by atoms with E-state index in [1.54, 1.807) is 12.1 Å². The number of anilines is 1. The first-order valence-corrected chi connectivity index (χ1v) is 7.30. The lowest BCUT2D eigenvalue weighted by atomic mass is 10.1. The second-order valence-corrected chi connectivity index (χ2v) is 5.59. The number of nitrogens with zero attached hydrogens (tertiary/aromatic N) is 1. The summed E-state index contributed by atoms with van der Waals surface area (Å²) >= 11 is 1.19. The number of halogens is 1. The van der Waals surface area contributed by atoms with Gasteiger partial charge in [-0.05, 0) is 18.6 Å². The number of nitrogens with one attached hydrogen (secondary N) is 1. The number of carbonyl (C=O) groups excluding carboxylic acids is 1. The Labute approximate surface area is 124 Å². The third kappa shape index (κ3) is 3.56. The number of carbonyl (C=O) groups is 1. The average Bonchev–Trinajstić information content (AvgIpc) is 3.10. The maximum Gasteiger partial charge on any atom is 0.231 e. The first-order valence-electron chi connectivity index (χ1n) is 6.48. The number of aromatic nitrogens is 1. The first-order chi connectivity index (χ1) is 10.2. The predicted molar refractivity (Wildman–Crippen MR) is 76.1 cm³/mol. The lowest BCUT2D eigenvalue weighted by Gasteiger charge is -2.05. The number of ether oxygens (including phenoxy) is 2. The van der Waals surface area contributed by atoms with Gasteiger partial charge in [0.2, 0.25) is 11.0 Å². The summed E-state index contributed by atoms with van der Waals surface area (Å²) in [5.41, 5.74) is 0. The molecule has 1 N–H and O–H groups in total. The minimum absolute atomic E-state index is 0.0980. The largest absolute Gasteiger partial charge is 0.445 e. The van der Waals surface area contributed by atoms with Gasteiger partial charge in [0.1, 0.15) is 11.6 Å². The van der Waals surface area contributed by atoms with Gasteiger partial charge in [0, 0.05) is 12.7 Å². The van der Waals surface area contributed by atoms with Crippen molar-refractivity contribution in [1.82, 2.24) is 4.98 Å². The molecule has 2 heterocycles. The van der Waals surface area contributed by atoms with Crippen molar-refractivity contribution >= 4 is 22.4 Å². The summed E-state index contributed by atoms with van der Waals surface area (Å²) < 4.78 is 23.7. The van der Waals surface area contributed by atoms with Crippen LogP contribution in [0.25, 0.3) is 0 Å². The Hall–Kier alpha value is -1.99. The normalized spacial score (nSPS) is 17.7. The number of hydrogen-bond acceptors (Lipinski definition) is 5. The SMILES string of the molecule is O=C(Nc1ncc(Oc2cccc(F)c2)s1)C1CCOC1. The molecule has 0 aliphatic carbocycles. The maximum atomic E-state index is 13.1. The van der Waals surface area contributed by atoms with Crippen molar-refractivity contribution in [3.05, 3.63) is 36.3 Å². The lowest BCUT2D eigenvalue weighted by molar-refractivity contribution is -0.119. The summed E-state index contributed by atoms with van der Waals surface area (Å²) in [6.07, 6.45) is 2.22. The zero-order valence-corrected chi connectivity index (χ0v) is 11.9. The van der Waals surface area contributed by atoms with Crippen molar-refractivity contribution in [3.8, 4) is 10.8 Å². The summed E-state index contributed by atoms with van der Waals surface area (Å²) in [4.78, 5) is 16.0. The third-order valence-corrected chi connectivity index (χ3v) is 3.82. The molecular formula is C14H13FN2O3S. The fourth-order valence-electron chi connectivity index (χ4n) is 1.96. The Balaban J connectivity index is 1.62. The molecule has 21 heavy (non-hydrogen) atoms. The quantitative estimate of drug-likeness (QED) is 0.943. The van der Waals surface area contributed by atoms with Gasteiger partial charge in [0.15, 0.2) is 5.13 Å². The summed E-state index contributed by atoms with van der Waals surface area (Å²) in [6.45, 7) is 1.06. The van der Waals surface area contributed by atoms with Gasteiger partial charge in [-0.1, -0.05) is 17.4 Å². The van der Waals surface area contributed by atoms with Crippen LogP contribution >= 0.6 is 11.3 Å². The van der Waals surface area contributed by atoms with E-state index in [1.807, 2.05) is 0 Å². The molecule has 5 nitrogen and oxygen atoms in total. The molecule has 1 aromatic heterocycles. The standard InChI is InChI=1S/C14H13FN2O3S/c15-10-2-1-3-11(6-10)20-12-7-16-14(21-12)17-13(18)9-4-5-19-8-9/h1-3,6-7,9H,4-5,8H2,(H,16,17,18). The van der Waals surface area contributed by atoms with E-state index in [9.17, 15) is 9.18 Å². The van der Waals surface area contributed by atoms with Crippen LogP contribution in [0.15, 0.2) is 30.5 Å². The van der Waals surface area contributed by atoms with Crippen molar-refractivity contribution in [2.75, 3.05) is 18.5 Å². The molecule has 3 rings (SSSR count). The minimum atomic E-state index is -0.369. The van der Waals surface area contributed by atoms with Gasteiger partial charge >= 0.3 is 0 Å². The van der Waals surface area contributed by atoms with Crippen LogP contribution in [0.1, 0.15) is 6.42 Å². The van der Waals surface area contributed by atoms with E-state index >= 15 is 0 Å². The Bertz CT molecular complexity index is 641. The molecule has 1 aromatic carbocycles. The molecule has 0 bridgehead atoms. The van der Waals surface area contributed by atoms with E-state index in [1.165, 1.54) is 29.7 Å². The van der Waals surface area contributed by atoms with Gasteiger partial charge in [-0.2, -0.15) is 0 Å². The summed E-state index contributed by atoms with van der Waals surface area (Å²) in [7, 11) is 0. The highest BCUT2D eigenvalue weighted by molar-refractivity contribution is 7.17. The summed E-state index contributed by atoms with van der Waals surface area (Å²) in [5, 5.41) is 3.68. The van der Waals surface area contributed by atoms with Crippen LogP contribution in [0.5, 0.6) is 10.8 Å². The topological polar surface area (TPSA) is 60.5 Å². The van der Waals surface area contributed by atoms with E-state index in [0.717, 1.165) is 6.42 Å². The monoisotopic (exact) mass is 308 g/mol. The third-order valence-electron chi connectivity index (χ3n) is 3.03. The van der Waals surface area contributed by atoms with E-state index < -0.39 is 0 Å². The smallest absolute Gasteiger partial charge is 0.231 e. The van der Waals surface area contributed by atoms with Gasteiger partial charge in [0.25, 0.3) is 0 Å². The second kappa shape index (κ2) is 6.19. The lowest BCUT2D eigenvalue weighted by Crippen LogP contribution is -2.22. The predicted octanol–water partition coefficient (Wildman–Crippen LogP) is 3.05. The van der Waals surface area contributed by atoms with Crippen LogP contribution in [0.3, 0.4) is 0 Å². The molecule has 1 aliphatic heterocycles. The number of benzene rings is 1. The van der Waals surface area contributed by atoms with Crippen molar-refractivity contribution in [2.24, 2.45) is 5.92 Å². The highest BCUT2D eigenvalue weighted by Gasteiger charge is 2.24. The molecule has 1 unspecified atom stereocenters. The fraction of sp³-hybridized carbons (Fsp3) is 0.286. The highest BCUT2D eigenvalue weighted by atomic mass is 32.1. The molecule has 0 spiro atoms. The summed E-state index contributed by atoms with van der Waals surface area (Å²) in [5.74, 6) is -0.201. The van der Waals surface area contributed by atoms with Crippen LogP contribution in [-0.4, -0.2) is 24.1 Å². The van der Waals surface area contributed by atoms with Crippen molar-refractivity contribution in [3.63, 3.8) is 0 Å². The average molecular weight is 308 g/mol. The van der Waals surface area contributed by atoms with E-state index in [-0.39, 0.29) is 17.6 Å². The van der Waals surface area contributed by atoms with Crippen LogP contribution in [0.4, 0.5) is 9.52 Å². The molecule has 7 heteroatoms. The Morgan fingerprint density at radius 2 is 2.43 bits per heavy atom. The van der Waals surface area contributed by atoms with Crippen LogP contribution < -0.4 is 10.1 Å². The molecule has 110 valence electrons. The van der Waals surface area contributed by atoms with Gasteiger partial charge in [-0.25, -0.2) is 9.37 Å². The zero-order chi connectivity index (χ0) is 14.7. The van der Waals surface area contributed by atoms with Crippen LogP contribution in [0.2, 0.25) is 0 Å². The van der Waals surface area contributed by atoms with E-state index in [4.69, 9.17) is 9.47 Å². The van der Waals surface area contributed by atoms with Gasteiger partial charge in [-0.3, -0.25) is 4.79 Å². The van der Waals surface area contributed by atoms with Crippen molar-refractivity contribution in [1.29, 1.82) is 0 Å². The zero-order valence-electron chi connectivity index (χ0n) is 11.0. The molecule has 0 radical (unpaired) electrons. The first kappa shape index (κ1) is 14.0. The number of amides is 1. The highest BCUT2D eigenvalue weighted by Crippen LogP contribution is 2.31. The summed E-state index contributed by atoms with van der Waals surface area (Å²) in [6, 6.07) is 5.84.